The highest BCUT2D eigenvalue weighted by molar-refractivity contribution is 6.16. The Hall–Kier alpha value is -4.07. The van der Waals surface area contributed by atoms with Crippen molar-refractivity contribution in [2.45, 2.75) is 52.5 Å². The Morgan fingerprint density at radius 2 is 1.86 bits per heavy atom. The standard InChI is InChI=1S/C27H28N6O2/c1-4-8-24-22(26(35)32(17(2)3)27-28-16-29-33(24)27)14-18-11-12-20(19-9-6-5-7-10-19)21(13-18)23-15-25(34)31-30-23/h5-7,9-13,16-17H,4,8,14-15H2,1-3H3,(H,31,34). The number of hydrazone groups is 1. The molecule has 1 N–H and O–H groups in total. The summed E-state index contributed by atoms with van der Waals surface area (Å²) >= 11 is 0. The Kier molecular flexibility index (Phi) is 6.03. The molecule has 8 heteroatoms. The summed E-state index contributed by atoms with van der Waals surface area (Å²) in [6.45, 7) is 6.05. The predicted molar refractivity (Wildman–Crippen MR) is 136 cm³/mol. The Morgan fingerprint density at radius 3 is 2.54 bits per heavy atom. The number of carbonyl (C=O) groups is 1. The second kappa shape index (κ2) is 9.29. The molecule has 0 saturated carbocycles. The summed E-state index contributed by atoms with van der Waals surface area (Å²) in [4.78, 5) is 30.0. The van der Waals surface area contributed by atoms with Crippen molar-refractivity contribution < 1.29 is 4.79 Å². The summed E-state index contributed by atoms with van der Waals surface area (Å²) in [5.41, 5.74) is 8.78. The van der Waals surface area contributed by atoms with Crippen LogP contribution in [0.4, 0.5) is 0 Å². The van der Waals surface area contributed by atoms with Crippen LogP contribution in [0.2, 0.25) is 0 Å². The van der Waals surface area contributed by atoms with E-state index in [4.69, 9.17) is 0 Å². The van der Waals surface area contributed by atoms with Crippen LogP contribution in [-0.4, -0.2) is 30.8 Å². The number of rotatable bonds is 7. The highest BCUT2D eigenvalue weighted by Crippen LogP contribution is 2.28. The van der Waals surface area contributed by atoms with Gasteiger partial charge >= 0.3 is 0 Å². The number of nitrogens with zero attached hydrogens (tertiary/aromatic N) is 5. The average molecular weight is 469 g/mol. The fourth-order valence-electron chi connectivity index (χ4n) is 4.74. The van der Waals surface area contributed by atoms with Crippen molar-refractivity contribution in [2.24, 2.45) is 5.10 Å². The number of amides is 1. The SMILES string of the molecule is CCCc1c(Cc2ccc(-c3ccccc3)c(C3=NNC(=O)C3)c2)c(=O)n(C(C)C)c2ncnn12. The lowest BCUT2D eigenvalue weighted by atomic mass is 9.91. The average Bonchev–Trinajstić information content (AvgIpc) is 3.51. The van der Waals surface area contributed by atoms with Gasteiger partial charge in [-0.1, -0.05) is 55.8 Å². The molecule has 5 rings (SSSR count). The maximum absolute atomic E-state index is 13.7. The highest BCUT2D eigenvalue weighted by Gasteiger charge is 2.23. The van der Waals surface area contributed by atoms with Crippen LogP contribution >= 0.6 is 0 Å². The minimum absolute atomic E-state index is 0.0345. The zero-order valence-electron chi connectivity index (χ0n) is 20.2. The number of hydrogen-bond donors (Lipinski definition) is 1. The molecule has 0 unspecified atom stereocenters. The van der Waals surface area contributed by atoms with Crippen LogP contribution in [0, 0.1) is 0 Å². The molecule has 0 bridgehead atoms. The molecule has 2 aromatic carbocycles. The van der Waals surface area contributed by atoms with Crippen molar-refractivity contribution in [1.82, 2.24) is 24.6 Å². The molecule has 1 aliphatic rings. The van der Waals surface area contributed by atoms with E-state index < -0.39 is 0 Å². The van der Waals surface area contributed by atoms with Gasteiger partial charge in [0.15, 0.2) is 0 Å². The van der Waals surface area contributed by atoms with Crippen LogP contribution in [0.15, 0.2) is 64.8 Å². The summed E-state index contributed by atoms with van der Waals surface area (Å²) in [5, 5.41) is 8.73. The topological polar surface area (TPSA) is 93.6 Å². The Morgan fingerprint density at radius 1 is 1.06 bits per heavy atom. The van der Waals surface area contributed by atoms with E-state index in [2.05, 4.69) is 45.7 Å². The predicted octanol–water partition coefficient (Wildman–Crippen LogP) is 3.91. The van der Waals surface area contributed by atoms with Crippen molar-refractivity contribution >= 4 is 17.4 Å². The van der Waals surface area contributed by atoms with Crippen molar-refractivity contribution in [3.8, 4) is 11.1 Å². The number of fused-ring (bicyclic) bond motifs is 1. The van der Waals surface area contributed by atoms with Crippen LogP contribution in [0.5, 0.6) is 0 Å². The van der Waals surface area contributed by atoms with Crippen LogP contribution in [0.25, 0.3) is 16.9 Å². The number of carbonyl (C=O) groups excluding carboxylic acids is 1. The summed E-state index contributed by atoms with van der Waals surface area (Å²) in [6, 6.07) is 16.2. The first-order valence-electron chi connectivity index (χ1n) is 12.0. The normalized spacial score (nSPS) is 13.5. The summed E-state index contributed by atoms with van der Waals surface area (Å²) in [5.74, 6) is 0.452. The highest BCUT2D eigenvalue weighted by atomic mass is 16.2. The van der Waals surface area contributed by atoms with Crippen molar-refractivity contribution in [1.29, 1.82) is 0 Å². The van der Waals surface area contributed by atoms with E-state index in [0.29, 0.717) is 17.9 Å². The second-order valence-electron chi connectivity index (χ2n) is 9.11. The smallest absolute Gasteiger partial charge is 0.258 e. The van der Waals surface area contributed by atoms with Crippen LogP contribution in [-0.2, 0) is 17.6 Å². The summed E-state index contributed by atoms with van der Waals surface area (Å²) < 4.78 is 3.52. The number of benzene rings is 2. The molecule has 0 atom stereocenters. The Labute approximate surface area is 203 Å². The number of aromatic nitrogens is 4. The molecule has 0 radical (unpaired) electrons. The first-order chi connectivity index (χ1) is 17.0. The third-order valence-electron chi connectivity index (χ3n) is 6.33. The van der Waals surface area contributed by atoms with E-state index in [0.717, 1.165) is 46.4 Å². The van der Waals surface area contributed by atoms with Crippen LogP contribution < -0.4 is 11.0 Å². The van der Waals surface area contributed by atoms with Crippen LogP contribution in [0.1, 0.15) is 62.0 Å². The maximum atomic E-state index is 13.7. The fraction of sp³-hybridized carbons (Fsp3) is 0.296. The lowest BCUT2D eigenvalue weighted by molar-refractivity contribution is -0.119. The van der Waals surface area contributed by atoms with Gasteiger partial charge in [-0.25, -0.2) is 9.94 Å². The second-order valence-corrected chi connectivity index (χ2v) is 9.11. The van der Waals surface area contributed by atoms with E-state index in [1.807, 2.05) is 48.7 Å². The van der Waals surface area contributed by atoms with Crippen molar-refractivity contribution in [3.63, 3.8) is 0 Å². The molecule has 178 valence electrons. The van der Waals surface area contributed by atoms with E-state index >= 15 is 0 Å². The molecule has 0 fully saturated rings. The van der Waals surface area contributed by atoms with Gasteiger partial charge in [0.1, 0.15) is 6.33 Å². The van der Waals surface area contributed by atoms with Gasteiger partial charge in [0, 0.05) is 23.6 Å². The molecular formula is C27H28N6O2. The van der Waals surface area contributed by atoms with Gasteiger partial charge in [0.25, 0.3) is 5.56 Å². The molecule has 2 aromatic heterocycles. The zero-order valence-corrected chi connectivity index (χ0v) is 20.2. The number of aryl methyl sites for hydroxylation is 1. The van der Waals surface area contributed by atoms with Crippen molar-refractivity contribution in [2.75, 3.05) is 0 Å². The largest absolute Gasteiger partial charge is 0.274 e. The van der Waals surface area contributed by atoms with E-state index in [1.54, 1.807) is 4.57 Å². The van der Waals surface area contributed by atoms with Gasteiger partial charge in [-0.2, -0.15) is 15.2 Å². The molecule has 0 saturated heterocycles. The summed E-state index contributed by atoms with van der Waals surface area (Å²) in [6.07, 6.45) is 3.80. The molecule has 4 aromatic rings. The lowest BCUT2D eigenvalue weighted by Gasteiger charge is -2.18. The van der Waals surface area contributed by atoms with E-state index in [1.165, 1.54) is 6.33 Å². The Balaban J connectivity index is 1.66. The lowest BCUT2D eigenvalue weighted by Crippen LogP contribution is -2.30. The minimum Gasteiger partial charge on any atom is -0.274 e. The van der Waals surface area contributed by atoms with Gasteiger partial charge in [-0.05, 0) is 43.0 Å². The Bertz CT molecular complexity index is 1500. The van der Waals surface area contributed by atoms with E-state index in [9.17, 15) is 9.59 Å². The number of nitrogens with one attached hydrogen (secondary N) is 1. The molecule has 1 aliphatic heterocycles. The van der Waals surface area contributed by atoms with E-state index in [-0.39, 0.29) is 23.9 Å². The molecule has 35 heavy (non-hydrogen) atoms. The van der Waals surface area contributed by atoms with Gasteiger partial charge in [-0.15, -0.1) is 0 Å². The zero-order chi connectivity index (χ0) is 24.5. The van der Waals surface area contributed by atoms with Gasteiger partial charge in [0.05, 0.1) is 17.8 Å². The molecule has 0 aliphatic carbocycles. The quantitative estimate of drug-likeness (QED) is 0.445. The minimum atomic E-state index is -0.119. The summed E-state index contributed by atoms with van der Waals surface area (Å²) in [7, 11) is 0. The molecular weight excluding hydrogens is 440 g/mol. The van der Waals surface area contributed by atoms with Gasteiger partial charge in [-0.3, -0.25) is 14.2 Å². The van der Waals surface area contributed by atoms with Crippen LogP contribution in [0.3, 0.4) is 0 Å². The molecule has 3 heterocycles. The third-order valence-corrected chi connectivity index (χ3v) is 6.33. The van der Waals surface area contributed by atoms with Gasteiger partial charge < -0.3 is 0 Å². The number of hydrogen-bond acceptors (Lipinski definition) is 5. The fourth-order valence-corrected chi connectivity index (χ4v) is 4.74. The third kappa shape index (κ3) is 4.16. The van der Waals surface area contributed by atoms with Crippen molar-refractivity contribution in [3.05, 3.63) is 87.6 Å². The van der Waals surface area contributed by atoms with Gasteiger partial charge in [0.2, 0.25) is 11.7 Å². The molecule has 1 amide bonds. The molecule has 0 spiro atoms. The first kappa shape index (κ1) is 22.7. The monoisotopic (exact) mass is 468 g/mol. The maximum Gasteiger partial charge on any atom is 0.258 e. The molecule has 8 nitrogen and oxygen atoms in total. The first-order valence-corrected chi connectivity index (χ1v) is 12.0.